The molecule has 1 atom stereocenters. The summed E-state index contributed by atoms with van der Waals surface area (Å²) in [4.78, 5) is 4.13. The monoisotopic (exact) mass is 312 g/mol. The number of nitrogens with zero attached hydrogens (tertiary/aromatic N) is 1. The first kappa shape index (κ1) is 15.2. The van der Waals surface area contributed by atoms with E-state index in [1.54, 1.807) is 12.1 Å². The van der Waals surface area contributed by atoms with Crippen molar-refractivity contribution in [3.63, 3.8) is 0 Å². The number of nitrogens with one attached hydrogen (secondary N) is 1. The van der Waals surface area contributed by atoms with Crippen molar-refractivity contribution in [1.29, 1.82) is 0 Å². The van der Waals surface area contributed by atoms with E-state index in [1.165, 1.54) is 12.3 Å². The van der Waals surface area contributed by atoms with E-state index in [9.17, 15) is 4.39 Å². The Balaban J connectivity index is 2.25. The van der Waals surface area contributed by atoms with Crippen molar-refractivity contribution in [1.82, 2.24) is 10.3 Å². The Labute approximate surface area is 127 Å². The summed E-state index contributed by atoms with van der Waals surface area (Å²) in [5, 5.41) is 4.42. The Morgan fingerprint density at radius 1 is 1.25 bits per heavy atom. The van der Waals surface area contributed by atoms with Crippen LogP contribution in [0.5, 0.6) is 0 Å². The van der Waals surface area contributed by atoms with Gasteiger partial charge in [-0.15, -0.1) is 0 Å². The van der Waals surface area contributed by atoms with Gasteiger partial charge < -0.3 is 5.32 Å². The highest BCUT2D eigenvalue weighted by Gasteiger charge is 2.15. The third-order valence-electron chi connectivity index (χ3n) is 3.01. The van der Waals surface area contributed by atoms with Crippen molar-refractivity contribution in [2.75, 3.05) is 6.54 Å². The summed E-state index contributed by atoms with van der Waals surface area (Å²) in [6.07, 6.45) is 1.87. The Bertz CT molecular complexity index is 573. The highest BCUT2D eigenvalue weighted by molar-refractivity contribution is 6.42. The average Bonchev–Trinajstić information content (AvgIpc) is 2.44. The first-order valence-electron chi connectivity index (χ1n) is 6.39. The van der Waals surface area contributed by atoms with Gasteiger partial charge in [-0.05, 0) is 36.7 Å². The van der Waals surface area contributed by atoms with Gasteiger partial charge in [-0.25, -0.2) is 4.39 Å². The molecule has 2 aromatic rings. The van der Waals surface area contributed by atoms with E-state index in [2.05, 4.69) is 10.3 Å². The largest absolute Gasteiger partial charge is 0.309 e. The summed E-state index contributed by atoms with van der Waals surface area (Å²) >= 11 is 12.2. The smallest absolute Gasteiger partial charge is 0.141 e. The fourth-order valence-electron chi connectivity index (χ4n) is 2.05. The molecule has 1 aromatic carbocycles. The van der Waals surface area contributed by atoms with Crippen LogP contribution in [0.1, 0.15) is 24.2 Å². The van der Waals surface area contributed by atoms with Crippen LogP contribution in [-0.4, -0.2) is 11.5 Å². The number of benzene rings is 1. The number of halogens is 3. The highest BCUT2D eigenvalue weighted by Crippen LogP contribution is 2.28. The van der Waals surface area contributed by atoms with Crippen LogP contribution >= 0.6 is 23.2 Å². The summed E-state index contributed by atoms with van der Waals surface area (Å²) in [6, 6.07) is 8.61. The predicted octanol–water partition coefficient (Wildman–Crippen LogP) is 4.42. The first-order chi connectivity index (χ1) is 9.61. The van der Waals surface area contributed by atoms with Crippen LogP contribution in [0, 0.1) is 5.82 Å². The Hall–Kier alpha value is -1.16. The number of rotatable bonds is 5. The lowest BCUT2D eigenvalue weighted by atomic mass is 10.0. The van der Waals surface area contributed by atoms with E-state index in [4.69, 9.17) is 23.2 Å². The minimum absolute atomic E-state index is 0.0310. The lowest BCUT2D eigenvalue weighted by Gasteiger charge is -2.18. The van der Waals surface area contributed by atoms with Crippen LogP contribution in [0.2, 0.25) is 10.0 Å². The molecule has 1 aromatic heterocycles. The third kappa shape index (κ3) is 3.69. The molecule has 0 aliphatic rings. The van der Waals surface area contributed by atoms with E-state index >= 15 is 0 Å². The first-order valence-corrected chi connectivity index (χ1v) is 7.15. The van der Waals surface area contributed by atoms with Gasteiger partial charge >= 0.3 is 0 Å². The molecule has 0 saturated heterocycles. The van der Waals surface area contributed by atoms with Crippen molar-refractivity contribution < 1.29 is 4.39 Å². The van der Waals surface area contributed by atoms with E-state index in [-0.39, 0.29) is 11.9 Å². The van der Waals surface area contributed by atoms with Gasteiger partial charge in [0, 0.05) is 0 Å². The Morgan fingerprint density at radius 2 is 2.05 bits per heavy atom. The van der Waals surface area contributed by atoms with Gasteiger partial charge in [0.25, 0.3) is 0 Å². The molecular weight excluding hydrogens is 298 g/mol. The Morgan fingerprint density at radius 3 is 2.70 bits per heavy atom. The highest BCUT2D eigenvalue weighted by atomic mass is 35.5. The van der Waals surface area contributed by atoms with Gasteiger partial charge in [-0.3, -0.25) is 4.98 Å². The molecule has 2 nitrogen and oxygen atoms in total. The summed E-state index contributed by atoms with van der Waals surface area (Å²) in [5.74, 6) is -0.343. The molecule has 0 aliphatic carbocycles. The summed E-state index contributed by atoms with van der Waals surface area (Å²) in [5.41, 5.74) is 1.72. The van der Waals surface area contributed by atoms with Crippen molar-refractivity contribution in [3.05, 3.63) is 63.6 Å². The second kappa shape index (κ2) is 7.02. The van der Waals surface area contributed by atoms with Gasteiger partial charge in [-0.2, -0.15) is 0 Å². The van der Waals surface area contributed by atoms with Crippen LogP contribution < -0.4 is 5.32 Å². The SMILES string of the molecule is CCNC(Cc1cccc(Cl)c1Cl)c1ccc(F)cn1. The van der Waals surface area contributed by atoms with Crippen molar-refractivity contribution in [2.24, 2.45) is 0 Å². The maximum Gasteiger partial charge on any atom is 0.141 e. The van der Waals surface area contributed by atoms with Crippen LogP contribution in [0.4, 0.5) is 4.39 Å². The molecule has 0 amide bonds. The van der Waals surface area contributed by atoms with Crippen LogP contribution in [-0.2, 0) is 6.42 Å². The zero-order valence-electron chi connectivity index (χ0n) is 11.0. The molecule has 0 spiro atoms. The lowest BCUT2D eigenvalue weighted by Crippen LogP contribution is -2.24. The third-order valence-corrected chi connectivity index (χ3v) is 3.87. The number of likely N-dealkylation sites (N-methyl/N-ethyl adjacent to an activating group) is 1. The van der Waals surface area contributed by atoms with E-state index in [0.717, 1.165) is 17.8 Å². The van der Waals surface area contributed by atoms with Gasteiger partial charge in [0.15, 0.2) is 0 Å². The molecule has 0 bridgehead atoms. The molecule has 1 heterocycles. The summed E-state index contributed by atoms with van der Waals surface area (Å²) in [6.45, 7) is 2.79. The van der Waals surface area contributed by atoms with Gasteiger partial charge in [-0.1, -0.05) is 42.3 Å². The molecule has 0 radical (unpaired) electrons. The minimum atomic E-state index is -0.343. The topological polar surface area (TPSA) is 24.9 Å². The molecule has 106 valence electrons. The number of hydrogen-bond acceptors (Lipinski definition) is 2. The van der Waals surface area contributed by atoms with Crippen LogP contribution in [0.3, 0.4) is 0 Å². The maximum atomic E-state index is 13.0. The summed E-state index contributed by atoms with van der Waals surface area (Å²) < 4.78 is 13.0. The van der Waals surface area contributed by atoms with Gasteiger partial charge in [0.1, 0.15) is 5.82 Å². The second-order valence-corrected chi connectivity index (χ2v) is 5.21. The molecule has 0 saturated carbocycles. The van der Waals surface area contributed by atoms with Gasteiger partial charge in [0.05, 0.1) is 28.0 Å². The fraction of sp³-hybridized carbons (Fsp3) is 0.267. The Kier molecular flexibility index (Phi) is 5.35. The molecule has 1 N–H and O–H groups in total. The molecule has 1 unspecified atom stereocenters. The second-order valence-electron chi connectivity index (χ2n) is 4.43. The van der Waals surface area contributed by atoms with Crippen LogP contribution in [0.15, 0.2) is 36.5 Å². The molecule has 5 heteroatoms. The van der Waals surface area contributed by atoms with Crippen LogP contribution in [0.25, 0.3) is 0 Å². The van der Waals surface area contributed by atoms with Crippen molar-refractivity contribution in [3.8, 4) is 0 Å². The summed E-state index contributed by atoms with van der Waals surface area (Å²) in [7, 11) is 0. The van der Waals surface area contributed by atoms with Crippen molar-refractivity contribution in [2.45, 2.75) is 19.4 Å². The van der Waals surface area contributed by atoms with Gasteiger partial charge in [0.2, 0.25) is 0 Å². The van der Waals surface area contributed by atoms with E-state index in [0.29, 0.717) is 16.5 Å². The zero-order chi connectivity index (χ0) is 14.5. The van der Waals surface area contributed by atoms with E-state index < -0.39 is 0 Å². The standard InChI is InChI=1S/C15H15Cl2FN2/c1-2-19-14(13-7-6-11(18)9-20-13)8-10-4-3-5-12(16)15(10)17/h3-7,9,14,19H,2,8H2,1H3. The molecule has 2 rings (SSSR count). The quantitative estimate of drug-likeness (QED) is 0.884. The van der Waals surface area contributed by atoms with E-state index in [1.807, 2.05) is 19.1 Å². The number of hydrogen-bond donors (Lipinski definition) is 1. The molecule has 0 fully saturated rings. The maximum absolute atomic E-state index is 13.0. The molecule has 0 aliphatic heterocycles. The average molecular weight is 313 g/mol. The molecular formula is C15H15Cl2FN2. The normalized spacial score (nSPS) is 12.4. The lowest BCUT2D eigenvalue weighted by molar-refractivity contribution is 0.532. The zero-order valence-corrected chi connectivity index (χ0v) is 12.5. The predicted molar refractivity (Wildman–Crippen MR) is 80.8 cm³/mol. The van der Waals surface area contributed by atoms with Crippen molar-refractivity contribution >= 4 is 23.2 Å². The number of aromatic nitrogens is 1. The minimum Gasteiger partial charge on any atom is -0.309 e. The fourth-order valence-corrected chi connectivity index (χ4v) is 2.44. The number of pyridine rings is 1. The molecule has 20 heavy (non-hydrogen) atoms.